The van der Waals surface area contributed by atoms with E-state index in [0.717, 1.165) is 5.57 Å². The summed E-state index contributed by atoms with van der Waals surface area (Å²) in [6.45, 7) is 11.7. The predicted octanol–water partition coefficient (Wildman–Crippen LogP) is 2.58. The fraction of sp³-hybridized carbons (Fsp3) is 0.583. The van der Waals surface area contributed by atoms with Crippen LogP contribution in [0.2, 0.25) is 0 Å². The molecule has 1 atom stereocenters. The van der Waals surface area contributed by atoms with Crippen molar-refractivity contribution in [3.63, 3.8) is 0 Å². The zero-order valence-corrected chi connectivity index (χ0v) is 9.85. The molecule has 1 aliphatic rings. The van der Waals surface area contributed by atoms with E-state index in [0.29, 0.717) is 24.4 Å². The van der Waals surface area contributed by atoms with Crippen LogP contribution in [-0.2, 0) is 14.3 Å². The lowest BCUT2D eigenvalue weighted by Gasteiger charge is -2.25. The van der Waals surface area contributed by atoms with E-state index >= 15 is 0 Å². The van der Waals surface area contributed by atoms with Crippen molar-refractivity contribution in [3.8, 4) is 0 Å². The second-order valence-corrected chi connectivity index (χ2v) is 4.05. The summed E-state index contributed by atoms with van der Waals surface area (Å²) < 4.78 is 10.6. The zero-order valence-electron chi connectivity index (χ0n) is 9.85. The highest BCUT2D eigenvalue weighted by Gasteiger charge is 2.38. The number of allylic oxidation sites excluding steroid dienone is 1. The van der Waals surface area contributed by atoms with Crippen LogP contribution in [0.1, 0.15) is 34.1 Å². The van der Waals surface area contributed by atoms with Crippen LogP contribution in [0, 0.1) is 0 Å². The summed E-state index contributed by atoms with van der Waals surface area (Å²) >= 11 is 0. The molecule has 0 aliphatic carbocycles. The zero-order chi connectivity index (χ0) is 11.6. The third-order valence-electron chi connectivity index (χ3n) is 2.74. The van der Waals surface area contributed by atoms with Crippen LogP contribution in [0.3, 0.4) is 0 Å². The predicted molar refractivity (Wildman–Crippen MR) is 58.3 cm³/mol. The second kappa shape index (κ2) is 4.09. The van der Waals surface area contributed by atoms with Crippen molar-refractivity contribution >= 4 is 5.97 Å². The molecule has 0 spiro atoms. The van der Waals surface area contributed by atoms with Crippen molar-refractivity contribution in [1.29, 1.82) is 0 Å². The monoisotopic (exact) mass is 210 g/mol. The minimum Gasteiger partial charge on any atom is -0.487 e. The minimum atomic E-state index is -0.452. The van der Waals surface area contributed by atoms with E-state index < -0.39 is 5.60 Å². The molecule has 0 amide bonds. The average Bonchev–Trinajstić information content (AvgIpc) is 2.44. The normalized spacial score (nSPS) is 25.1. The van der Waals surface area contributed by atoms with Crippen LogP contribution < -0.4 is 0 Å². The molecule has 0 saturated heterocycles. The topological polar surface area (TPSA) is 35.5 Å². The van der Waals surface area contributed by atoms with Gasteiger partial charge in [-0.25, -0.2) is 4.79 Å². The molecule has 0 saturated carbocycles. The first-order chi connectivity index (χ1) is 6.90. The first kappa shape index (κ1) is 11.8. The molecule has 1 aliphatic heterocycles. The Balaban J connectivity index is 2.82. The largest absolute Gasteiger partial charge is 0.487 e. The molecule has 0 aromatic rings. The molecule has 0 fully saturated rings. The Hall–Kier alpha value is -1.25. The second-order valence-electron chi connectivity index (χ2n) is 4.05. The van der Waals surface area contributed by atoms with E-state index in [2.05, 4.69) is 6.58 Å². The highest BCUT2D eigenvalue weighted by atomic mass is 16.5. The summed E-state index contributed by atoms with van der Waals surface area (Å²) in [5.74, 6) is 0.374. The van der Waals surface area contributed by atoms with Crippen molar-refractivity contribution in [1.82, 2.24) is 0 Å². The van der Waals surface area contributed by atoms with Crippen molar-refractivity contribution in [3.05, 3.63) is 23.5 Å². The Labute approximate surface area is 90.8 Å². The standard InChI is InChI=1S/C12H18O3/c1-6-14-11(13)10-7-12(5,8(2)3)15-9(10)4/h2,6-7H2,1,3-5H3. The first-order valence-corrected chi connectivity index (χ1v) is 5.12. The Morgan fingerprint density at radius 2 is 2.27 bits per heavy atom. The quantitative estimate of drug-likeness (QED) is 0.530. The van der Waals surface area contributed by atoms with Crippen LogP contribution in [0.15, 0.2) is 23.5 Å². The molecule has 1 unspecified atom stereocenters. The van der Waals surface area contributed by atoms with Gasteiger partial charge >= 0.3 is 5.97 Å². The van der Waals surface area contributed by atoms with Gasteiger partial charge in [-0.2, -0.15) is 0 Å². The van der Waals surface area contributed by atoms with Gasteiger partial charge in [-0.3, -0.25) is 0 Å². The molecule has 84 valence electrons. The van der Waals surface area contributed by atoms with Crippen molar-refractivity contribution < 1.29 is 14.3 Å². The lowest BCUT2D eigenvalue weighted by molar-refractivity contribution is -0.138. The fourth-order valence-electron chi connectivity index (χ4n) is 1.57. The molecule has 0 radical (unpaired) electrons. The third kappa shape index (κ3) is 2.22. The van der Waals surface area contributed by atoms with Crippen molar-refractivity contribution in [2.24, 2.45) is 0 Å². The molecular weight excluding hydrogens is 192 g/mol. The lowest BCUT2D eigenvalue weighted by atomic mass is 9.92. The van der Waals surface area contributed by atoms with E-state index in [4.69, 9.17) is 9.47 Å². The molecule has 0 aromatic carbocycles. The highest BCUT2D eigenvalue weighted by Crippen LogP contribution is 2.38. The highest BCUT2D eigenvalue weighted by molar-refractivity contribution is 5.89. The number of carbonyl (C=O) groups is 1. The van der Waals surface area contributed by atoms with Crippen LogP contribution in [-0.4, -0.2) is 18.2 Å². The number of hydrogen-bond donors (Lipinski definition) is 0. The lowest BCUT2D eigenvalue weighted by Crippen LogP contribution is -2.25. The molecule has 0 N–H and O–H groups in total. The Kier molecular flexibility index (Phi) is 3.22. The summed E-state index contributed by atoms with van der Waals surface area (Å²) in [4.78, 5) is 11.6. The van der Waals surface area contributed by atoms with Crippen LogP contribution in [0.5, 0.6) is 0 Å². The molecule has 0 bridgehead atoms. The number of hydrogen-bond acceptors (Lipinski definition) is 3. The molecule has 0 aromatic heterocycles. The molecule has 3 heteroatoms. The van der Waals surface area contributed by atoms with Gasteiger partial charge in [0, 0.05) is 6.42 Å². The van der Waals surface area contributed by atoms with Gasteiger partial charge in [0.15, 0.2) is 0 Å². The maximum Gasteiger partial charge on any atom is 0.337 e. The summed E-state index contributed by atoms with van der Waals surface area (Å²) in [5.41, 5.74) is 1.09. The van der Waals surface area contributed by atoms with E-state index in [-0.39, 0.29) is 5.97 Å². The van der Waals surface area contributed by atoms with Gasteiger partial charge in [-0.1, -0.05) is 6.58 Å². The fourth-order valence-corrected chi connectivity index (χ4v) is 1.57. The summed E-state index contributed by atoms with van der Waals surface area (Å²) in [6.07, 6.45) is 0.549. The van der Waals surface area contributed by atoms with Gasteiger partial charge in [-0.05, 0) is 33.3 Å². The molecule has 15 heavy (non-hydrogen) atoms. The van der Waals surface area contributed by atoms with Gasteiger partial charge < -0.3 is 9.47 Å². The maximum atomic E-state index is 11.6. The van der Waals surface area contributed by atoms with Crippen LogP contribution in [0.25, 0.3) is 0 Å². The number of carbonyl (C=O) groups excluding carboxylic acids is 1. The number of esters is 1. The van der Waals surface area contributed by atoms with Crippen molar-refractivity contribution in [2.75, 3.05) is 6.61 Å². The van der Waals surface area contributed by atoms with E-state index in [1.165, 1.54) is 0 Å². The number of rotatable bonds is 3. The Bertz CT molecular complexity index is 328. The van der Waals surface area contributed by atoms with E-state index in [9.17, 15) is 4.79 Å². The Morgan fingerprint density at radius 3 is 2.67 bits per heavy atom. The van der Waals surface area contributed by atoms with Crippen molar-refractivity contribution in [2.45, 2.75) is 39.7 Å². The van der Waals surface area contributed by atoms with E-state index in [1.54, 1.807) is 13.8 Å². The summed E-state index contributed by atoms with van der Waals surface area (Å²) in [6, 6.07) is 0. The smallest absolute Gasteiger partial charge is 0.337 e. The van der Waals surface area contributed by atoms with Gasteiger partial charge in [-0.15, -0.1) is 0 Å². The van der Waals surface area contributed by atoms with Crippen LogP contribution in [0.4, 0.5) is 0 Å². The van der Waals surface area contributed by atoms with Gasteiger partial charge in [0.25, 0.3) is 0 Å². The van der Waals surface area contributed by atoms with Crippen LogP contribution >= 0.6 is 0 Å². The SMILES string of the molecule is C=C(C)C1(C)CC(C(=O)OCC)=C(C)O1. The molecular formula is C12H18O3. The molecule has 1 heterocycles. The maximum absolute atomic E-state index is 11.6. The van der Waals surface area contributed by atoms with E-state index in [1.807, 2.05) is 13.8 Å². The van der Waals surface area contributed by atoms with Gasteiger partial charge in [0.05, 0.1) is 12.2 Å². The molecule has 3 nitrogen and oxygen atoms in total. The third-order valence-corrected chi connectivity index (χ3v) is 2.74. The minimum absolute atomic E-state index is 0.278. The Morgan fingerprint density at radius 1 is 1.67 bits per heavy atom. The molecule has 1 rings (SSSR count). The summed E-state index contributed by atoms with van der Waals surface area (Å²) in [7, 11) is 0. The van der Waals surface area contributed by atoms with Gasteiger partial charge in [0.2, 0.25) is 0 Å². The van der Waals surface area contributed by atoms with Gasteiger partial charge in [0.1, 0.15) is 11.4 Å². The summed E-state index contributed by atoms with van der Waals surface area (Å²) in [5, 5.41) is 0. The average molecular weight is 210 g/mol. The first-order valence-electron chi connectivity index (χ1n) is 5.12. The number of ether oxygens (including phenoxy) is 2.